The third kappa shape index (κ3) is 4.36. The van der Waals surface area contributed by atoms with E-state index in [0.29, 0.717) is 19.4 Å². The Labute approximate surface area is 143 Å². The molecule has 0 unspecified atom stereocenters. The van der Waals surface area contributed by atoms with Gasteiger partial charge in [-0.2, -0.15) is 0 Å². The standard InChI is InChI=1S/C15H16Cl2N2O4/c16-10-4-1-5-11(17)13(10)15(22)23-8-12(20)19-6-2-3-9(7-19)14(18)21/h1,4-5,9H,2-3,6-8H2,(H2,18,21)/t9-/m1/s1. The minimum Gasteiger partial charge on any atom is -0.452 e. The molecule has 2 amide bonds. The van der Waals surface area contributed by atoms with Gasteiger partial charge in [0.25, 0.3) is 5.91 Å². The van der Waals surface area contributed by atoms with Crippen LogP contribution < -0.4 is 5.73 Å². The number of nitrogens with zero attached hydrogens (tertiary/aromatic N) is 1. The van der Waals surface area contributed by atoms with Crippen LogP contribution >= 0.6 is 23.2 Å². The fraction of sp³-hybridized carbons (Fsp3) is 0.400. The lowest BCUT2D eigenvalue weighted by atomic mass is 9.97. The summed E-state index contributed by atoms with van der Waals surface area (Å²) in [7, 11) is 0. The molecule has 0 aliphatic carbocycles. The number of likely N-dealkylation sites (tertiary alicyclic amines) is 1. The molecule has 0 radical (unpaired) electrons. The molecule has 23 heavy (non-hydrogen) atoms. The number of carbonyl (C=O) groups excluding carboxylic acids is 3. The number of hydrogen-bond acceptors (Lipinski definition) is 4. The summed E-state index contributed by atoms with van der Waals surface area (Å²) >= 11 is 11.8. The van der Waals surface area contributed by atoms with Gasteiger partial charge in [-0.05, 0) is 25.0 Å². The molecule has 1 aromatic carbocycles. The van der Waals surface area contributed by atoms with Crippen molar-refractivity contribution in [3.8, 4) is 0 Å². The predicted octanol–water partition coefficient (Wildman–Crippen LogP) is 1.87. The summed E-state index contributed by atoms with van der Waals surface area (Å²) in [4.78, 5) is 36.8. The van der Waals surface area contributed by atoms with Gasteiger partial charge < -0.3 is 15.4 Å². The largest absolute Gasteiger partial charge is 0.452 e. The number of primary amides is 1. The molecule has 1 fully saturated rings. The first kappa shape index (κ1) is 17.6. The Morgan fingerprint density at radius 3 is 2.52 bits per heavy atom. The molecule has 8 heteroatoms. The molecule has 2 N–H and O–H groups in total. The third-order valence-corrected chi connectivity index (χ3v) is 4.30. The number of amides is 2. The van der Waals surface area contributed by atoms with E-state index >= 15 is 0 Å². The maximum atomic E-state index is 12.1. The number of esters is 1. The summed E-state index contributed by atoms with van der Waals surface area (Å²) in [5.41, 5.74) is 5.29. The molecule has 1 atom stereocenters. The van der Waals surface area contributed by atoms with Gasteiger partial charge in [-0.1, -0.05) is 29.3 Å². The van der Waals surface area contributed by atoms with Crippen molar-refractivity contribution in [2.24, 2.45) is 11.7 Å². The Morgan fingerprint density at radius 2 is 1.91 bits per heavy atom. The Hall–Kier alpha value is -1.79. The molecular weight excluding hydrogens is 343 g/mol. The highest BCUT2D eigenvalue weighted by atomic mass is 35.5. The number of carbonyl (C=O) groups is 3. The molecular formula is C15H16Cl2N2O4. The minimum atomic E-state index is -0.766. The van der Waals surface area contributed by atoms with E-state index in [9.17, 15) is 14.4 Å². The van der Waals surface area contributed by atoms with Gasteiger partial charge in [0.2, 0.25) is 5.91 Å². The van der Waals surface area contributed by atoms with Crippen LogP contribution in [0, 0.1) is 5.92 Å². The van der Waals surface area contributed by atoms with Crippen molar-refractivity contribution in [1.29, 1.82) is 0 Å². The zero-order chi connectivity index (χ0) is 17.0. The maximum Gasteiger partial charge on any atom is 0.341 e. The van der Waals surface area contributed by atoms with Gasteiger partial charge in [0.05, 0.1) is 21.5 Å². The number of benzene rings is 1. The second-order valence-electron chi connectivity index (χ2n) is 5.25. The molecule has 1 aliphatic rings. The number of halogens is 2. The van der Waals surface area contributed by atoms with Crippen LogP contribution in [0.1, 0.15) is 23.2 Å². The highest BCUT2D eigenvalue weighted by Gasteiger charge is 2.27. The highest BCUT2D eigenvalue weighted by Crippen LogP contribution is 2.25. The Bertz CT molecular complexity index is 616. The molecule has 2 rings (SSSR count). The highest BCUT2D eigenvalue weighted by molar-refractivity contribution is 6.39. The van der Waals surface area contributed by atoms with Crippen molar-refractivity contribution in [1.82, 2.24) is 4.90 Å². The van der Waals surface area contributed by atoms with Crippen LogP contribution in [0.2, 0.25) is 10.0 Å². The van der Waals surface area contributed by atoms with E-state index in [2.05, 4.69) is 0 Å². The van der Waals surface area contributed by atoms with Crippen molar-refractivity contribution >= 4 is 41.0 Å². The number of ether oxygens (including phenoxy) is 1. The number of piperidine rings is 1. The molecule has 1 saturated heterocycles. The minimum absolute atomic E-state index is 0.0253. The molecule has 1 aromatic rings. The third-order valence-electron chi connectivity index (χ3n) is 3.67. The first-order chi connectivity index (χ1) is 10.9. The fourth-order valence-electron chi connectivity index (χ4n) is 2.42. The summed E-state index contributed by atoms with van der Waals surface area (Å²) in [6, 6.07) is 4.62. The van der Waals surface area contributed by atoms with Crippen LogP contribution in [0.15, 0.2) is 18.2 Å². The van der Waals surface area contributed by atoms with Crippen LogP contribution in [-0.2, 0) is 14.3 Å². The van der Waals surface area contributed by atoms with Crippen LogP contribution in [-0.4, -0.2) is 42.4 Å². The van der Waals surface area contributed by atoms with Crippen LogP contribution in [0.25, 0.3) is 0 Å². The Balaban J connectivity index is 1.94. The fourth-order valence-corrected chi connectivity index (χ4v) is 2.97. The zero-order valence-corrected chi connectivity index (χ0v) is 13.8. The van der Waals surface area contributed by atoms with E-state index in [4.69, 9.17) is 33.7 Å². The first-order valence-electron chi connectivity index (χ1n) is 7.08. The second kappa shape index (κ2) is 7.66. The SMILES string of the molecule is NC(=O)[C@@H]1CCCN(C(=O)COC(=O)c2c(Cl)cccc2Cl)C1. The topological polar surface area (TPSA) is 89.7 Å². The number of nitrogens with two attached hydrogens (primary N) is 1. The van der Waals surface area contributed by atoms with E-state index in [-0.39, 0.29) is 34.0 Å². The second-order valence-corrected chi connectivity index (χ2v) is 6.07. The number of hydrogen-bond donors (Lipinski definition) is 1. The van der Waals surface area contributed by atoms with Crippen LogP contribution in [0.4, 0.5) is 0 Å². The lowest BCUT2D eigenvalue weighted by molar-refractivity contribution is -0.137. The van der Waals surface area contributed by atoms with Crippen molar-refractivity contribution in [2.45, 2.75) is 12.8 Å². The Morgan fingerprint density at radius 1 is 1.26 bits per heavy atom. The average Bonchev–Trinajstić information content (AvgIpc) is 2.52. The monoisotopic (exact) mass is 358 g/mol. The molecule has 0 bridgehead atoms. The summed E-state index contributed by atoms with van der Waals surface area (Å²) in [5.74, 6) is -1.94. The number of rotatable bonds is 4. The van der Waals surface area contributed by atoms with Crippen molar-refractivity contribution in [3.05, 3.63) is 33.8 Å². The van der Waals surface area contributed by atoms with Crippen LogP contribution in [0.5, 0.6) is 0 Å². The van der Waals surface area contributed by atoms with E-state index in [1.807, 2.05) is 0 Å². The lowest BCUT2D eigenvalue weighted by Crippen LogP contribution is -2.45. The predicted molar refractivity (Wildman–Crippen MR) is 85.2 cm³/mol. The average molecular weight is 359 g/mol. The van der Waals surface area contributed by atoms with Gasteiger partial charge in [0.15, 0.2) is 6.61 Å². The van der Waals surface area contributed by atoms with E-state index in [0.717, 1.165) is 0 Å². The smallest absolute Gasteiger partial charge is 0.341 e. The van der Waals surface area contributed by atoms with Gasteiger partial charge in [-0.15, -0.1) is 0 Å². The molecule has 124 valence electrons. The van der Waals surface area contributed by atoms with Gasteiger partial charge in [0.1, 0.15) is 0 Å². The van der Waals surface area contributed by atoms with Crippen LogP contribution in [0.3, 0.4) is 0 Å². The summed E-state index contributed by atoms with van der Waals surface area (Å²) in [6.45, 7) is 0.317. The Kier molecular flexibility index (Phi) is 5.85. The van der Waals surface area contributed by atoms with Gasteiger partial charge >= 0.3 is 5.97 Å². The molecule has 1 heterocycles. The quantitative estimate of drug-likeness (QED) is 0.832. The molecule has 0 saturated carbocycles. The summed E-state index contributed by atoms with van der Waals surface area (Å²) in [6.07, 6.45) is 1.35. The summed E-state index contributed by atoms with van der Waals surface area (Å²) < 4.78 is 4.99. The van der Waals surface area contributed by atoms with E-state index in [1.54, 1.807) is 6.07 Å². The molecule has 1 aliphatic heterocycles. The first-order valence-corrected chi connectivity index (χ1v) is 7.84. The molecule has 0 aromatic heterocycles. The van der Waals surface area contributed by atoms with Crippen molar-refractivity contribution in [3.63, 3.8) is 0 Å². The molecule has 6 nitrogen and oxygen atoms in total. The lowest BCUT2D eigenvalue weighted by Gasteiger charge is -2.31. The normalized spacial score (nSPS) is 17.7. The van der Waals surface area contributed by atoms with Gasteiger partial charge in [-0.25, -0.2) is 4.79 Å². The van der Waals surface area contributed by atoms with Gasteiger partial charge in [0, 0.05) is 13.1 Å². The van der Waals surface area contributed by atoms with Crippen molar-refractivity contribution < 1.29 is 19.1 Å². The maximum absolute atomic E-state index is 12.1. The van der Waals surface area contributed by atoms with E-state index < -0.39 is 18.5 Å². The van der Waals surface area contributed by atoms with Gasteiger partial charge in [-0.3, -0.25) is 9.59 Å². The molecule has 0 spiro atoms. The van der Waals surface area contributed by atoms with E-state index in [1.165, 1.54) is 17.0 Å². The van der Waals surface area contributed by atoms with Crippen molar-refractivity contribution in [2.75, 3.05) is 19.7 Å². The summed E-state index contributed by atoms with van der Waals surface area (Å²) in [5, 5.41) is 0.309. The zero-order valence-electron chi connectivity index (χ0n) is 12.3.